The van der Waals surface area contributed by atoms with E-state index >= 15 is 0 Å². The highest BCUT2D eigenvalue weighted by molar-refractivity contribution is 5.61. The van der Waals surface area contributed by atoms with E-state index in [0.717, 1.165) is 41.6 Å². The first kappa shape index (κ1) is 13.0. The van der Waals surface area contributed by atoms with Crippen LogP contribution in [-0.4, -0.2) is 21.5 Å². The summed E-state index contributed by atoms with van der Waals surface area (Å²) in [4.78, 5) is 13.7. The van der Waals surface area contributed by atoms with Crippen LogP contribution >= 0.6 is 0 Å². The van der Waals surface area contributed by atoms with E-state index < -0.39 is 0 Å². The van der Waals surface area contributed by atoms with Crippen LogP contribution in [0.3, 0.4) is 0 Å². The smallest absolute Gasteiger partial charge is 0.134 e. The maximum atomic E-state index is 4.71. The zero-order chi connectivity index (χ0) is 13.9. The molecule has 0 bridgehead atoms. The second-order valence-corrected chi connectivity index (χ2v) is 5.39. The number of pyridine rings is 1. The van der Waals surface area contributed by atoms with Crippen LogP contribution in [0.5, 0.6) is 0 Å². The predicted octanol–water partition coefficient (Wildman–Crippen LogP) is 3.55. The molecule has 0 saturated heterocycles. The predicted molar refractivity (Wildman–Crippen MR) is 80.8 cm³/mol. The van der Waals surface area contributed by atoms with Gasteiger partial charge in [-0.1, -0.05) is 6.92 Å². The summed E-state index contributed by atoms with van der Waals surface area (Å²) in [6.45, 7) is 5.08. The molecule has 1 aliphatic rings. The Morgan fingerprint density at radius 2 is 2.10 bits per heavy atom. The summed E-state index contributed by atoms with van der Waals surface area (Å²) < 4.78 is 0. The van der Waals surface area contributed by atoms with E-state index in [1.807, 2.05) is 25.3 Å². The molecule has 0 unspecified atom stereocenters. The van der Waals surface area contributed by atoms with Crippen LogP contribution < -0.4 is 5.32 Å². The third-order valence-corrected chi connectivity index (χ3v) is 3.45. The van der Waals surface area contributed by atoms with Gasteiger partial charge >= 0.3 is 0 Å². The lowest BCUT2D eigenvalue weighted by atomic mass is 10.2. The molecule has 0 spiro atoms. The van der Waals surface area contributed by atoms with Gasteiger partial charge in [0.05, 0.1) is 5.69 Å². The fourth-order valence-corrected chi connectivity index (χ4v) is 2.10. The van der Waals surface area contributed by atoms with E-state index in [0.29, 0.717) is 5.92 Å². The quantitative estimate of drug-likeness (QED) is 0.901. The zero-order valence-electron chi connectivity index (χ0n) is 12.1. The number of hydrogen-bond donors (Lipinski definition) is 1. The molecule has 1 saturated carbocycles. The second-order valence-electron chi connectivity index (χ2n) is 5.39. The Kier molecular flexibility index (Phi) is 3.63. The van der Waals surface area contributed by atoms with E-state index in [4.69, 9.17) is 4.98 Å². The fourth-order valence-electron chi connectivity index (χ4n) is 2.10. The molecule has 1 fully saturated rings. The first-order chi connectivity index (χ1) is 9.76. The molecule has 0 aliphatic heterocycles. The first-order valence-electron chi connectivity index (χ1n) is 7.32. The van der Waals surface area contributed by atoms with Gasteiger partial charge in [0.15, 0.2) is 0 Å². The van der Waals surface area contributed by atoms with Crippen molar-refractivity contribution >= 4 is 5.82 Å². The first-order valence-corrected chi connectivity index (χ1v) is 7.32. The molecule has 1 N–H and O–H groups in total. The van der Waals surface area contributed by atoms with Crippen molar-refractivity contribution in [3.63, 3.8) is 0 Å². The van der Waals surface area contributed by atoms with Gasteiger partial charge in [-0.15, -0.1) is 0 Å². The van der Waals surface area contributed by atoms with Crippen LogP contribution in [0.15, 0.2) is 24.4 Å². The molecular weight excluding hydrogens is 248 g/mol. The van der Waals surface area contributed by atoms with Gasteiger partial charge in [-0.2, -0.15) is 0 Å². The molecular formula is C16H20N4. The summed E-state index contributed by atoms with van der Waals surface area (Å²) in [7, 11) is 0. The molecule has 2 heterocycles. The molecule has 1 aliphatic carbocycles. The van der Waals surface area contributed by atoms with Crippen molar-refractivity contribution < 1.29 is 0 Å². The van der Waals surface area contributed by atoms with Crippen LogP contribution in [0.4, 0.5) is 5.82 Å². The Morgan fingerprint density at radius 3 is 2.75 bits per heavy atom. The van der Waals surface area contributed by atoms with Gasteiger partial charge in [-0.05, 0) is 38.3 Å². The molecule has 3 rings (SSSR count). The van der Waals surface area contributed by atoms with E-state index in [1.54, 1.807) is 0 Å². The molecule has 4 nitrogen and oxygen atoms in total. The summed E-state index contributed by atoms with van der Waals surface area (Å²) in [5.74, 6) is 2.46. The maximum Gasteiger partial charge on any atom is 0.134 e. The molecule has 0 amide bonds. The third-order valence-electron chi connectivity index (χ3n) is 3.45. The normalized spacial score (nSPS) is 14.3. The van der Waals surface area contributed by atoms with Crippen molar-refractivity contribution in [2.45, 2.75) is 39.0 Å². The lowest BCUT2D eigenvalue weighted by Gasteiger charge is -2.09. The summed E-state index contributed by atoms with van der Waals surface area (Å²) in [6.07, 6.45) is 5.40. The lowest BCUT2D eigenvalue weighted by molar-refractivity contribution is 0.911. The summed E-state index contributed by atoms with van der Waals surface area (Å²) in [5, 5.41) is 3.37. The average Bonchev–Trinajstić information content (AvgIpc) is 3.30. The van der Waals surface area contributed by atoms with Crippen molar-refractivity contribution in [2.75, 3.05) is 11.9 Å². The summed E-state index contributed by atoms with van der Waals surface area (Å²) >= 11 is 0. The lowest BCUT2D eigenvalue weighted by Crippen LogP contribution is -2.05. The molecule has 0 radical (unpaired) electrons. The number of aromatic nitrogens is 3. The monoisotopic (exact) mass is 268 g/mol. The largest absolute Gasteiger partial charge is 0.370 e. The number of nitrogens with zero attached hydrogens (tertiary/aromatic N) is 3. The van der Waals surface area contributed by atoms with Crippen LogP contribution in [0, 0.1) is 6.92 Å². The molecule has 0 aromatic carbocycles. The Hall–Kier alpha value is -1.97. The zero-order valence-corrected chi connectivity index (χ0v) is 12.1. The van der Waals surface area contributed by atoms with Crippen molar-refractivity contribution in [3.8, 4) is 11.3 Å². The van der Waals surface area contributed by atoms with E-state index in [2.05, 4.69) is 28.3 Å². The van der Waals surface area contributed by atoms with Gasteiger partial charge in [-0.3, -0.25) is 4.98 Å². The Morgan fingerprint density at radius 1 is 1.25 bits per heavy atom. The van der Waals surface area contributed by atoms with Gasteiger partial charge in [0, 0.05) is 36.0 Å². The van der Waals surface area contributed by atoms with Gasteiger partial charge in [0.1, 0.15) is 11.6 Å². The van der Waals surface area contributed by atoms with Crippen molar-refractivity contribution in [1.82, 2.24) is 15.0 Å². The van der Waals surface area contributed by atoms with Crippen molar-refractivity contribution in [3.05, 3.63) is 35.9 Å². The number of hydrogen-bond acceptors (Lipinski definition) is 4. The SMILES string of the molecule is CCCNc1cc(-c2ccc(C)nc2)nc(C2CC2)n1. The van der Waals surface area contributed by atoms with Gasteiger partial charge < -0.3 is 5.32 Å². The van der Waals surface area contributed by atoms with E-state index in [-0.39, 0.29) is 0 Å². The molecule has 0 atom stereocenters. The Bertz CT molecular complexity index is 588. The summed E-state index contributed by atoms with van der Waals surface area (Å²) in [5.41, 5.74) is 3.04. The van der Waals surface area contributed by atoms with Crippen molar-refractivity contribution in [2.24, 2.45) is 0 Å². The molecule has 2 aromatic heterocycles. The highest BCUT2D eigenvalue weighted by Gasteiger charge is 2.27. The molecule has 104 valence electrons. The fraction of sp³-hybridized carbons (Fsp3) is 0.438. The van der Waals surface area contributed by atoms with Gasteiger partial charge in [0.2, 0.25) is 0 Å². The Labute approximate surface area is 119 Å². The molecule has 20 heavy (non-hydrogen) atoms. The minimum atomic E-state index is 0.551. The van der Waals surface area contributed by atoms with Crippen LogP contribution in [0.1, 0.15) is 43.6 Å². The molecule has 2 aromatic rings. The standard InChI is InChI=1S/C16H20N4/c1-3-8-17-15-9-14(13-5-4-11(2)18-10-13)19-16(20-15)12-6-7-12/h4-5,9-10,12H,3,6-8H2,1-2H3,(H,17,19,20). The van der Waals surface area contributed by atoms with Crippen LogP contribution in [-0.2, 0) is 0 Å². The third kappa shape index (κ3) is 2.95. The number of aryl methyl sites for hydroxylation is 1. The van der Waals surface area contributed by atoms with E-state index in [1.165, 1.54) is 12.8 Å². The van der Waals surface area contributed by atoms with Crippen LogP contribution in [0.2, 0.25) is 0 Å². The minimum absolute atomic E-state index is 0.551. The van der Waals surface area contributed by atoms with Gasteiger partial charge in [0.25, 0.3) is 0 Å². The maximum absolute atomic E-state index is 4.71. The van der Waals surface area contributed by atoms with Gasteiger partial charge in [-0.25, -0.2) is 9.97 Å². The summed E-state index contributed by atoms with van der Waals surface area (Å²) in [6, 6.07) is 6.12. The Balaban J connectivity index is 1.95. The van der Waals surface area contributed by atoms with Crippen molar-refractivity contribution in [1.29, 1.82) is 0 Å². The number of rotatable bonds is 5. The average molecular weight is 268 g/mol. The molecule has 4 heteroatoms. The second kappa shape index (κ2) is 5.57. The van der Waals surface area contributed by atoms with E-state index in [9.17, 15) is 0 Å². The highest BCUT2D eigenvalue weighted by atomic mass is 15.0. The van der Waals surface area contributed by atoms with Crippen LogP contribution in [0.25, 0.3) is 11.3 Å². The minimum Gasteiger partial charge on any atom is -0.370 e. The number of nitrogens with one attached hydrogen (secondary N) is 1. The highest BCUT2D eigenvalue weighted by Crippen LogP contribution is 2.39. The number of anilines is 1. The topological polar surface area (TPSA) is 50.7 Å².